The second kappa shape index (κ2) is 7.02. The lowest BCUT2D eigenvalue weighted by Crippen LogP contribution is -2.37. The summed E-state index contributed by atoms with van der Waals surface area (Å²) in [7, 11) is 0. The highest BCUT2D eigenvalue weighted by Gasteiger charge is 2.17. The van der Waals surface area contributed by atoms with Crippen LogP contribution in [0.5, 0.6) is 5.75 Å². The molecule has 2 aromatic rings. The van der Waals surface area contributed by atoms with Gasteiger partial charge in [0.15, 0.2) is 6.10 Å². The van der Waals surface area contributed by atoms with Crippen molar-refractivity contribution < 1.29 is 18.3 Å². The highest BCUT2D eigenvalue weighted by atomic mass is 19.1. The normalized spacial score (nSPS) is 13.3. The van der Waals surface area contributed by atoms with Crippen LogP contribution in [0.1, 0.15) is 25.5 Å². The Hall–Kier alpha value is -2.43. The van der Waals surface area contributed by atoms with E-state index < -0.39 is 6.10 Å². The molecule has 5 heteroatoms. The number of carbonyl (C=O) groups is 1. The van der Waals surface area contributed by atoms with Gasteiger partial charge in [-0.05, 0) is 55.8 Å². The predicted molar refractivity (Wildman–Crippen MR) is 79.4 cm³/mol. The van der Waals surface area contributed by atoms with Crippen LogP contribution in [0, 0.1) is 11.6 Å². The second-order valence-corrected chi connectivity index (χ2v) is 5.00. The number of benzene rings is 2. The summed E-state index contributed by atoms with van der Waals surface area (Å²) in [4.78, 5) is 12.1. The highest BCUT2D eigenvalue weighted by Crippen LogP contribution is 2.15. The minimum Gasteiger partial charge on any atom is -0.481 e. The summed E-state index contributed by atoms with van der Waals surface area (Å²) in [6, 6.07) is 11.1. The van der Waals surface area contributed by atoms with Gasteiger partial charge >= 0.3 is 0 Å². The fourth-order valence-corrected chi connectivity index (χ4v) is 1.94. The number of ether oxygens (including phenoxy) is 1. The van der Waals surface area contributed by atoms with Crippen molar-refractivity contribution in [1.82, 2.24) is 5.32 Å². The zero-order valence-electron chi connectivity index (χ0n) is 12.3. The van der Waals surface area contributed by atoms with Gasteiger partial charge in [0.1, 0.15) is 17.4 Å². The molecule has 0 aliphatic heterocycles. The van der Waals surface area contributed by atoms with Crippen molar-refractivity contribution in [3.05, 3.63) is 65.7 Å². The third kappa shape index (κ3) is 4.28. The van der Waals surface area contributed by atoms with E-state index in [1.54, 1.807) is 26.0 Å². The molecule has 2 atom stereocenters. The Kier molecular flexibility index (Phi) is 5.09. The molecule has 0 saturated carbocycles. The maximum Gasteiger partial charge on any atom is 0.261 e. The summed E-state index contributed by atoms with van der Waals surface area (Å²) in [5.74, 6) is -0.579. The number of rotatable bonds is 5. The van der Waals surface area contributed by atoms with Gasteiger partial charge in [0.05, 0.1) is 6.04 Å². The Morgan fingerprint density at radius 1 is 0.955 bits per heavy atom. The summed E-state index contributed by atoms with van der Waals surface area (Å²) < 4.78 is 31.1. The molecule has 1 N–H and O–H groups in total. The van der Waals surface area contributed by atoms with Crippen LogP contribution in [0.25, 0.3) is 0 Å². The van der Waals surface area contributed by atoms with Gasteiger partial charge in [-0.25, -0.2) is 8.78 Å². The fraction of sp³-hybridized carbons (Fsp3) is 0.235. The molecule has 116 valence electrons. The number of amides is 1. The average Bonchev–Trinajstić information content (AvgIpc) is 2.50. The molecule has 0 aromatic heterocycles. The van der Waals surface area contributed by atoms with Crippen LogP contribution in [-0.2, 0) is 4.79 Å². The average molecular weight is 305 g/mol. The molecule has 0 saturated heterocycles. The smallest absolute Gasteiger partial charge is 0.261 e. The lowest BCUT2D eigenvalue weighted by Gasteiger charge is -2.19. The van der Waals surface area contributed by atoms with E-state index in [4.69, 9.17) is 4.74 Å². The molecule has 0 bridgehead atoms. The molecule has 0 aliphatic carbocycles. The fourth-order valence-electron chi connectivity index (χ4n) is 1.94. The monoisotopic (exact) mass is 305 g/mol. The van der Waals surface area contributed by atoms with E-state index in [9.17, 15) is 13.6 Å². The Bertz CT molecular complexity index is 626. The van der Waals surface area contributed by atoms with Crippen LogP contribution >= 0.6 is 0 Å². The molecule has 1 amide bonds. The summed E-state index contributed by atoms with van der Waals surface area (Å²) >= 11 is 0. The number of hydrogen-bond donors (Lipinski definition) is 1. The molecule has 3 nitrogen and oxygen atoms in total. The molecule has 0 unspecified atom stereocenters. The van der Waals surface area contributed by atoms with E-state index >= 15 is 0 Å². The second-order valence-electron chi connectivity index (χ2n) is 5.00. The number of hydrogen-bond acceptors (Lipinski definition) is 2. The quantitative estimate of drug-likeness (QED) is 0.916. The van der Waals surface area contributed by atoms with Crippen LogP contribution in [0.3, 0.4) is 0 Å². The van der Waals surface area contributed by atoms with Crippen molar-refractivity contribution in [2.75, 3.05) is 0 Å². The standard InChI is InChI=1S/C17H17F2NO2/c1-11(13-3-5-14(18)6-4-13)20-17(21)12(2)22-16-9-7-15(19)8-10-16/h3-12H,1-2H3,(H,20,21)/t11-,12+/m1/s1. The molecule has 2 rings (SSSR count). The number of nitrogens with one attached hydrogen (secondary N) is 1. The van der Waals surface area contributed by atoms with Crippen LogP contribution in [0.2, 0.25) is 0 Å². The van der Waals surface area contributed by atoms with Crippen LogP contribution < -0.4 is 10.1 Å². The lowest BCUT2D eigenvalue weighted by molar-refractivity contribution is -0.127. The van der Waals surface area contributed by atoms with E-state index in [1.165, 1.54) is 36.4 Å². The van der Waals surface area contributed by atoms with Crippen molar-refractivity contribution in [2.24, 2.45) is 0 Å². The first kappa shape index (κ1) is 15.9. The molecule has 2 aromatic carbocycles. The van der Waals surface area contributed by atoms with Crippen molar-refractivity contribution in [2.45, 2.75) is 26.0 Å². The van der Waals surface area contributed by atoms with E-state index in [0.717, 1.165) is 5.56 Å². The molecule has 0 fully saturated rings. The van der Waals surface area contributed by atoms with Crippen molar-refractivity contribution >= 4 is 5.91 Å². The van der Waals surface area contributed by atoms with E-state index in [-0.39, 0.29) is 23.6 Å². The molecular formula is C17H17F2NO2. The largest absolute Gasteiger partial charge is 0.481 e. The molecular weight excluding hydrogens is 288 g/mol. The first-order valence-electron chi connectivity index (χ1n) is 6.94. The third-order valence-electron chi connectivity index (χ3n) is 3.22. The van der Waals surface area contributed by atoms with Crippen LogP contribution in [0.15, 0.2) is 48.5 Å². The van der Waals surface area contributed by atoms with Gasteiger partial charge in [0.2, 0.25) is 0 Å². The van der Waals surface area contributed by atoms with Gasteiger partial charge in [-0.3, -0.25) is 4.79 Å². The Morgan fingerprint density at radius 3 is 2.00 bits per heavy atom. The Morgan fingerprint density at radius 2 is 1.45 bits per heavy atom. The van der Waals surface area contributed by atoms with E-state index in [0.29, 0.717) is 5.75 Å². The third-order valence-corrected chi connectivity index (χ3v) is 3.22. The van der Waals surface area contributed by atoms with Crippen LogP contribution in [-0.4, -0.2) is 12.0 Å². The minimum absolute atomic E-state index is 0.271. The summed E-state index contributed by atoms with van der Waals surface area (Å²) in [5, 5.41) is 2.79. The maximum atomic E-state index is 12.9. The van der Waals surface area contributed by atoms with E-state index in [1.807, 2.05) is 0 Å². The van der Waals surface area contributed by atoms with E-state index in [2.05, 4.69) is 5.32 Å². The minimum atomic E-state index is -0.728. The van der Waals surface area contributed by atoms with Gasteiger partial charge in [-0.15, -0.1) is 0 Å². The van der Waals surface area contributed by atoms with Crippen molar-refractivity contribution in [1.29, 1.82) is 0 Å². The number of carbonyl (C=O) groups excluding carboxylic acids is 1. The zero-order chi connectivity index (χ0) is 16.1. The molecule has 0 radical (unpaired) electrons. The summed E-state index contributed by atoms with van der Waals surface area (Å²) in [5.41, 5.74) is 0.795. The molecule has 0 spiro atoms. The Balaban J connectivity index is 1.93. The molecule has 22 heavy (non-hydrogen) atoms. The van der Waals surface area contributed by atoms with Gasteiger partial charge in [0, 0.05) is 0 Å². The number of halogens is 2. The predicted octanol–water partition coefficient (Wildman–Crippen LogP) is 3.61. The van der Waals surface area contributed by atoms with Crippen LogP contribution in [0.4, 0.5) is 8.78 Å². The Labute approximate surface area is 127 Å². The van der Waals surface area contributed by atoms with Gasteiger partial charge in [0.25, 0.3) is 5.91 Å². The van der Waals surface area contributed by atoms with Crippen molar-refractivity contribution in [3.63, 3.8) is 0 Å². The molecule has 0 aliphatic rings. The zero-order valence-corrected chi connectivity index (χ0v) is 12.3. The first-order chi connectivity index (χ1) is 10.5. The lowest BCUT2D eigenvalue weighted by atomic mass is 10.1. The highest BCUT2D eigenvalue weighted by molar-refractivity contribution is 5.81. The SMILES string of the molecule is C[C@H](Oc1ccc(F)cc1)C(=O)N[C@H](C)c1ccc(F)cc1. The summed E-state index contributed by atoms with van der Waals surface area (Å²) in [6.45, 7) is 3.41. The topological polar surface area (TPSA) is 38.3 Å². The molecule has 0 heterocycles. The van der Waals surface area contributed by atoms with Crippen molar-refractivity contribution in [3.8, 4) is 5.75 Å². The van der Waals surface area contributed by atoms with Gasteiger partial charge in [-0.1, -0.05) is 12.1 Å². The summed E-state index contributed by atoms with van der Waals surface area (Å²) in [6.07, 6.45) is -0.728. The maximum absolute atomic E-state index is 12.9. The van der Waals surface area contributed by atoms with Gasteiger partial charge < -0.3 is 10.1 Å². The first-order valence-corrected chi connectivity index (χ1v) is 6.94. The van der Waals surface area contributed by atoms with Gasteiger partial charge in [-0.2, -0.15) is 0 Å².